The first kappa shape index (κ1) is 27.9. The van der Waals surface area contributed by atoms with Crippen molar-refractivity contribution in [3.63, 3.8) is 0 Å². The number of ketones is 1. The fourth-order valence-corrected chi connectivity index (χ4v) is 11.0. The molecular formula is C33H50O5. The van der Waals surface area contributed by atoms with Crippen molar-refractivity contribution < 1.29 is 23.9 Å². The van der Waals surface area contributed by atoms with Crippen LogP contribution in [0.3, 0.4) is 0 Å². The predicted octanol–water partition coefficient (Wildman–Crippen LogP) is 7.07. The van der Waals surface area contributed by atoms with E-state index in [2.05, 4.69) is 54.5 Å². The first-order valence-corrected chi connectivity index (χ1v) is 15.0. The van der Waals surface area contributed by atoms with Crippen molar-refractivity contribution in [1.82, 2.24) is 0 Å². The standard InChI is InChI=1S/C33H50O5/c1-20(34)38-26-19-33(27(36)37-9)17-16-31(7)21(22(33)18-28(26,2)3)10-11-24-30(6)14-13-25(35)29(4,5)23(30)12-15-32(24,31)8/h10,22-24,26H,11-19H2,1-9H3/t22-,23-,24+,26-,30-,31+,32+,33+/m0/s1. The normalized spacial score (nSPS) is 46.9. The lowest BCUT2D eigenvalue weighted by molar-refractivity contribution is -0.200. The summed E-state index contributed by atoms with van der Waals surface area (Å²) in [5.74, 6) is 1.04. The average molecular weight is 527 g/mol. The molecule has 5 aliphatic carbocycles. The van der Waals surface area contributed by atoms with Crippen molar-refractivity contribution in [2.45, 2.75) is 119 Å². The van der Waals surface area contributed by atoms with Crippen molar-refractivity contribution in [2.75, 3.05) is 7.11 Å². The fraction of sp³-hybridized carbons (Fsp3) is 0.848. The lowest BCUT2D eigenvalue weighted by Gasteiger charge is -2.70. The van der Waals surface area contributed by atoms with E-state index in [0.717, 1.165) is 44.9 Å². The van der Waals surface area contributed by atoms with E-state index in [4.69, 9.17) is 9.47 Å². The van der Waals surface area contributed by atoms with Crippen LogP contribution in [0.4, 0.5) is 0 Å². The average Bonchev–Trinajstić information content (AvgIpc) is 2.82. The second-order valence-electron chi connectivity index (χ2n) is 15.6. The summed E-state index contributed by atoms with van der Waals surface area (Å²) < 4.78 is 11.3. The fourth-order valence-electron chi connectivity index (χ4n) is 11.0. The van der Waals surface area contributed by atoms with Crippen LogP contribution in [0.15, 0.2) is 11.6 Å². The Morgan fingerprint density at radius 2 is 1.61 bits per heavy atom. The van der Waals surface area contributed by atoms with E-state index in [9.17, 15) is 14.4 Å². The summed E-state index contributed by atoms with van der Waals surface area (Å²) in [6, 6.07) is 0. The summed E-state index contributed by atoms with van der Waals surface area (Å²) >= 11 is 0. The first-order chi connectivity index (χ1) is 17.5. The molecular weight excluding hydrogens is 476 g/mol. The highest BCUT2D eigenvalue weighted by atomic mass is 16.5. The molecule has 0 unspecified atom stereocenters. The van der Waals surface area contributed by atoms with Crippen LogP contribution < -0.4 is 0 Å². The zero-order valence-corrected chi connectivity index (χ0v) is 25.3. The molecule has 5 rings (SSSR count). The maximum atomic E-state index is 13.6. The highest BCUT2D eigenvalue weighted by Gasteiger charge is 2.70. The maximum absolute atomic E-state index is 13.6. The quantitative estimate of drug-likeness (QED) is 0.284. The molecule has 38 heavy (non-hydrogen) atoms. The molecule has 8 atom stereocenters. The Labute approximate surface area is 229 Å². The van der Waals surface area contributed by atoms with Crippen molar-refractivity contribution >= 4 is 17.7 Å². The summed E-state index contributed by atoms with van der Waals surface area (Å²) in [4.78, 5) is 38.6. The molecule has 0 bridgehead atoms. The van der Waals surface area contributed by atoms with E-state index in [0.29, 0.717) is 30.5 Å². The predicted molar refractivity (Wildman–Crippen MR) is 147 cm³/mol. The van der Waals surface area contributed by atoms with E-state index in [1.807, 2.05) is 0 Å². The van der Waals surface area contributed by atoms with E-state index in [-0.39, 0.29) is 51.0 Å². The molecule has 5 aliphatic rings. The number of rotatable bonds is 2. The number of hydrogen-bond donors (Lipinski definition) is 0. The minimum atomic E-state index is -0.653. The van der Waals surface area contributed by atoms with Gasteiger partial charge in [-0.05, 0) is 78.9 Å². The summed E-state index contributed by atoms with van der Waals surface area (Å²) in [5, 5.41) is 0. The van der Waals surface area contributed by atoms with Crippen LogP contribution in [0.1, 0.15) is 113 Å². The summed E-state index contributed by atoms with van der Waals surface area (Å²) in [6.45, 7) is 17.7. The summed E-state index contributed by atoms with van der Waals surface area (Å²) in [7, 11) is 1.50. The molecule has 0 aliphatic heterocycles. The number of carbonyl (C=O) groups is 3. The third-order valence-corrected chi connectivity index (χ3v) is 13.4. The molecule has 0 aromatic heterocycles. The van der Waals surface area contributed by atoms with Gasteiger partial charge in [-0.15, -0.1) is 0 Å². The highest BCUT2D eigenvalue weighted by Crippen LogP contribution is 2.75. The lowest BCUT2D eigenvalue weighted by Crippen LogP contribution is -2.65. The highest BCUT2D eigenvalue weighted by molar-refractivity contribution is 5.85. The molecule has 0 radical (unpaired) electrons. The van der Waals surface area contributed by atoms with Crippen LogP contribution in [0.5, 0.6) is 0 Å². The smallest absolute Gasteiger partial charge is 0.312 e. The zero-order valence-electron chi connectivity index (χ0n) is 25.3. The SMILES string of the molecule is COC(=O)[C@@]12CC[C@]3(C)C(=CC[C@@H]4[C@@]5(C)CCC(=O)C(C)(C)[C@@H]5CC[C@]43C)[C@@H]1CC(C)(C)[C@@H](OC(C)=O)C2. The number of methoxy groups -OCH3 is 1. The van der Waals surface area contributed by atoms with Gasteiger partial charge in [0.05, 0.1) is 12.5 Å². The molecule has 0 amide bonds. The third kappa shape index (κ3) is 3.44. The topological polar surface area (TPSA) is 69.7 Å². The molecule has 4 fully saturated rings. The van der Waals surface area contributed by atoms with Gasteiger partial charge in [0.1, 0.15) is 11.9 Å². The van der Waals surface area contributed by atoms with Gasteiger partial charge in [0.15, 0.2) is 0 Å². The molecule has 5 heteroatoms. The van der Waals surface area contributed by atoms with Gasteiger partial charge >= 0.3 is 11.9 Å². The Morgan fingerprint density at radius 1 is 0.921 bits per heavy atom. The Bertz CT molecular complexity index is 1080. The molecule has 0 saturated heterocycles. The van der Waals surface area contributed by atoms with Gasteiger partial charge in [-0.25, -0.2) is 0 Å². The van der Waals surface area contributed by atoms with Gasteiger partial charge in [-0.1, -0.05) is 60.1 Å². The van der Waals surface area contributed by atoms with Gasteiger partial charge < -0.3 is 9.47 Å². The maximum Gasteiger partial charge on any atom is 0.312 e. The number of Topliss-reactive ketones (excluding diaryl/α,β-unsaturated/α-hetero) is 1. The van der Waals surface area contributed by atoms with Gasteiger partial charge in [-0.3, -0.25) is 14.4 Å². The lowest BCUT2D eigenvalue weighted by atomic mass is 9.33. The number of allylic oxidation sites excluding steroid dienone is 2. The van der Waals surface area contributed by atoms with Crippen molar-refractivity contribution in [1.29, 1.82) is 0 Å². The number of fused-ring (bicyclic) bond motifs is 7. The molecule has 0 N–H and O–H groups in total. The van der Waals surface area contributed by atoms with Gasteiger partial charge in [0.2, 0.25) is 0 Å². The van der Waals surface area contributed by atoms with E-state index >= 15 is 0 Å². The third-order valence-electron chi connectivity index (χ3n) is 13.4. The van der Waals surface area contributed by atoms with Crippen LogP contribution in [-0.4, -0.2) is 30.9 Å². The number of esters is 2. The molecule has 5 nitrogen and oxygen atoms in total. The van der Waals surface area contributed by atoms with Crippen LogP contribution in [-0.2, 0) is 23.9 Å². The van der Waals surface area contributed by atoms with Gasteiger partial charge in [-0.2, -0.15) is 0 Å². The van der Waals surface area contributed by atoms with Crippen molar-refractivity contribution in [3.8, 4) is 0 Å². The second-order valence-corrected chi connectivity index (χ2v) is 15.6. The molecule has 0 aromatic carbocycles. The number of hydrogen-bond acceptors (Lipinski definition) is 5. The molecule has 0 spiro atoms. The van der Waals surface area contributed by atoms with E-state index in [1.54, 1.807) is 0 Å². The Morgan fingerprint density at radius 3 is 2.24 bits per heavy atom. The second kappa shape index (κ2) is 8.43. The Hall–Kier alpha value is -1.65. The van der Waals surface area contributed by atoms with Crippen LogP contribution in [0.2, 0.25) is 0 Å². The minimum absolute atomic E-state index is 0.0119. The minimum Gasteiger partial charge on any atom is -0.469 e. The first-order valence-electron chi connectivity index (χ1n) is 15.0. The van der Waals surface area contributed by atoms with Gasteiger partial charge in [0, 0.05) is 30.6 Å². The summed E-state index contributed by atoms with van der Waals surface area (Å²) in [5.41, 5.74) is 0.542. The molecule has 4 saturated carbocycles. The van der Waals surface area contributed by atoms with Crippen LogP contribution >= 0.6 is 0 Å². The van der Waals surface area contributed by atoms with Gasteiger partial charge in [0.25, 0.3) is 0 Å². The Kier molecular flexibility index (Phi) is 6.19. The summed E-state index contributed by atoms with van der Waals surface area (Å²) in [6.07, 6.45) is 10.2. The largest absolute Gasteiger partial charge is 0.469 e. The van der Waals surface area contributed by atoms with Crippen LogP contribution in [0, 0.1) is 50.2 Å². The molecule has 0 aromatic rings. The van der Waals surface area contributed by atoms with E-state index < -0.39 is 5.41 Å². The number of carbonyl (C=O) groups excluding carboxylic acids is 3. The molecule has 0 heterocycles. The van der Waals surface area contributed by atoms with E-state index in [1.165, 1.54) is 19.6 Å². The molecule has 212 valence electrons. The van der Waals surface area contributed by atoms with Crippen molar-refractivity contribution in [2.24, 2.45) is 50.2 Å². The zero-order chi connectivity index (χ0) is 28.1. The number of ether oxygens (including phenoxy) is 2. The Balaban J connectivity index is 1.59. The van der Waals surface area contributed by atoms with Crippen LogP contribution in [0.25, 0.3) is 0 Å². The van der Waals surface area contributed by atoms with Crippen molar-refractivity contribution in [3.05, 3.63) is 11.6 Å². The monoisotopic (exact) mass is 526 g/mol.